The van der Waals surface area contributed by atoms with Crippen LogP contribution < -0.4 is 0 Å². The van der Waals surface area contributed by atoms with Gasteiger partial charge in [-0.05, 0) is 30.6 Å². The first-order chi connectivity index (χ1) is 8.50. The predicted octanol–water partition coefficient (Wildman–Crippen LogP) is 4.06. The Morgan fingerprint density at radius 3 is 1.72 bits per heavy atom. The van der Waals surface area contributed by atoms with Gasteiger partial charge in [0.1, 0.15) is 0 Å². The fraction of sp³-hybridized carbons (Fsp3) is 0.385. The van der Waals surface area contributed by atoms with Crippen molar-refractivity contribution in [2.75, 3.05) is 0 Å². The molecule has 0 nitrogen and oxygen atoms in total. The van der Waals surface area contributed by atoms with E-state index in [1.807, 2.05) is 6.08 Å². The summed E-state index contributed by atoms with van der Waals surface area (Å²) >= 11 is 0. The minimum atomic E-state index is -2.09. The number of benzene rings is 1. The third-order valence-corrected chi connectivity index (χ3v) is 3.89. The van der Waals surface area contributed by atoms with Gasteiger partial charge < -0.3 is 0 Å². The Hall–Kier alpha value is -1.39. The van der Waals surface area contributed by atoms with Gasteiger partial charge in [-0.2, -0.15) is 0 Å². The molecule has 0 aromatic heterocycles. The molecule has 0 aliphatic heterocycles. The third kappa shape index (κ3) is 1.42. The molecular formula is C13H9F5. The molecule has 1 aromatic rings. The lowest BCUT2D eigenvalue weighted by Gasteiger charge is -2.20. The summed E-state index contributed by atoms with van der Waals surface area (Å²) in [4.78, 5) is 0. The Labute approximate surface area is 100 Å². The first-order valence-electron chi connectivity index (χ1n) is 5.70. The Morgan fingerprint density at radius 2 is 1.28 bits per heavy atom. The van der Waals surface area contributed by atoms with Crippen molar-refractivity contribution in [3.63, 3.8) is 0 Å². The fourth-order valence-electron chi connectivity index (χ4n) is 3.06. The van der Waals surface area contributed by atoms with Crippen LogP contribution in [-0.4, -0.2) is 0 Å². The van der Waals surface area contributed by atoms with Crippen LogP contribution in [0.3, 0.4) is 0 Å². The van der Waals surface area contributed by atoms with E-state index in [1.165, 1.54) is 0 Å². The van der Waals surface area contributed by atoms with Crippen molar-refractivity contribution in [2.24, 2.45) is 11.8 Å². The van der Waals surface area contributed by atoms with Gasteiger partial charge in [0.05, 0.1) is 0 Å². The minimum absolute atomic E-state index is 0.122. The van der Waals surface area contributed by atoms with E-state index in [4.69, 9.17) is 0 Å². The van der Waals surface area contributed by atoms with Crippen molar-refractivity contribution in [3.8, 4) is 0 Å². The topological polar surface area (TPSA) is 0 Å². The maximum absolute atomic E-state index is 13.6. The van der Waals surface area contributed by atoms with Gasteiger partial charge in [-0.1, -0.05) is 12.2 Å². The molecule has 0 heterocycles. The van der Waals surface area contributed by atoms with Crippen molar-refractivity contribution in [1.82, 2.24) is 0 Å². The molecule has 0 amide bonds. The van der Waals surface area contributed by atoms with E-state index in [1.54, 1.807) is 6.08 Å². The number of hydrogen-bond donors (Lipinski definition) is 0. The van der Waals surface area contributed by atoms with E-state index < -0.39 is 40.6 Å². The summed E-state index contributed by atoms with van der Waals surface area (Å²) in [5, 5.41) is 0. The van der Waals surface area contributed by atoms with Gasteiger partial charge in [0.25, 0.3) is 0 Å². The normalized spacial score (nSPS) is 29.3. The minimum Gasteiger partial charge on any atom is -0.203 e. The van der Waals surface area contributed by atoms with E-state index in [-0.39, 0.29) is 11.8 Å². The Kier molecular flexibility index (Phi) is 2.47. The molecule has 1 fully saturated rings. The van der Waals surface area contributed by atoms with E-state index >= 15 is 0 Å². The van der Waals surface area contributed by atoms with Crippen LogP contribution in [0.25, 0.3) is 0 Å². The van der Waals surface area contributed by atoms with E-state index in [0.29, 0.717) is 6.42 Å². The van der Waals surface area contributed by atoms with Crippen LogP contribution in [0.2, 0.25) is 0 Å². The molecule has 2 bridgehead atoms. The highest BCUT2D eigenvalue weighted by atomic mass is 19.2. The molecule has 2 aliphatic rings. The van der Waals surface area contributed by atoms with Crippen LogP contribution in [-0.2, 0) is 0 Å². The SMILES string of the molecule is Fc1c(F)c(F)c(C2CC3C=CC2C3)c(F)c1F. The molecule has 3 atom stereocenters. The second-order valence-electron chi connectivity index (χ2n) is 4.87. The monoisotopic (exact) mass is 260 g/mol. The van der Waals surface area contributed by atoms with Crippen molar-refractivity contribution in [1.29, 1.82) is 0 Å². The molecule has 0 radical (unpaired) electrons. The summed E-state index contributed by atoms with van der Waals surface area (Å²) in [6.45, 7) is 0. The van der Waals surface area contributed by atoms with E-state index in [9.17, 15) is 22.0 Å². The number of hydrogen-bond acceptors (Lipinski definition) is 0. The second kappa shape index (κ2) is 3.80. The molecule has 1 aromatic carbocycles. The lowest BCUT2D eigenvalue weighted by atomic mass is 9.86. The molecule has 3 unspecified atom stereocenters. The van der Waals surface area contributed by atoms with Crippen LogP contribution in [0.15, 0.2) is 12.2 Å². The molecule has 3 rings (SSSR count). The molecule has 2 aliphatic carbocycles. The summed E-state index contributed by atoms with van der Waals surface area (Å²) in [5.41, 5.74) is -0.650. The van der Waals surface area contributed by atoms with Crippen molar-refractivity contribution >= 4 is 0 Å². The van der Waals surface area contributed by atoms with Gasteiger partial charge in [0.2, 0.25) is 5.82 Å². The van der Waals surface area contributed by atoms with E-state index in [2.05, 4.69) is 0 Å². The average molecular weight is 260 g/mol. The van der Waals surface area contributed by atoms with Crippen molar-refractivity contribution in [3.05, 3.63) is 46.8 Å². The number of allylic oxidation sites excluding steroid dienone is 2. The maximum atomic E-state index is 13.6. The Bertz CT molecular complexity index is 520. The van der Waals surface area contributed by atoms with Gasteiger partial charge >= 0.3 is 0 Å². The van der Waals surface area contributed by atoms with Gasteiger partial charge in [-0.25, -0.2) is 22.0 Å². The number of rotatable bonds is 1. The van der Waals surface area contributed by atoms with Gasteiger partial charge in [-0.3, -0.25) is 0 Å². The second-order valence-corrected chi connectivity index (χ2v) is 4.87. The Morgan fingerprint density at radius 1 is 0.722 bits per heavy atom. The van der Waals surface area contributed by atoms with Crippen molar-refractivity contribution < 1.29 is 22.0 Å². The highest BCUT2D eigenvalue weighted by molar-refractivity contribution is 5.32. The highest BCUT2D eigenvalue weighted by Crippen LogP contribution is 2.50. The summed E-state index contributed by atoms with van der Waals surface area (Å²) < 4.78 is 66.4. The van der Waals surface area contributed by atoms with E-state index in [0.717, 1.165) is 6.42 Å². The zero-order chi connectivity index (χ0) is 13.0. The summed E-state index contributed by atoms with van der Waals surface area (Å²) in [7, 11) is 0. The lowest BCUT2D eigenvalue weighted by Crippen LogP contribution is -2.14. The molecule has 18 heavy (non-hydrogen) atoms. The summed E-state index contributed by atoms with van der Waals surface area (Å²) in [6, 6.07) is 0. The summed E-state index contributed by atoms with van der Waals surface area (Å²) in [6.07, 6.45) is 4.91. The smallest absolute Gasteiger partial charge is 0.200 e. The standard InChI is InChI=1S/C13H9F5/c14-9-8(7-4-5-1-2-6(7)3-5)10(15)12(17)13(18)11(9)16/h1-2,5-7H,3-4H2. The lowest BCUT2D eigenvalue weighted by molar-refractivity contribution is 0.358. The molecule has 96 valence electrons. The molecule has 0 spiro atoms. The molecule has 1 saturated carbocycles. The van der Waals surface area contributed by atoms with Gasteiger partial charge in [-0.15, -0.1) is 0 Å². The Balaban J connectivity index is 2.15. The fourth-order valence-corrected chi connectivity index (χ4v) is 3.06. The first-order valence-corrected chi connectivity index (χ1v) is 5.70. The third-order valence-electron chi connectivity index (χ3n) is 3.89. The number of halogens is 5. The zero-order valence-electron chi connectivity index (χ0n) is 9.19. The largest absolute Gasteiger partial charge is 0.203 e. The maximum Gasteiger partial charge on any atom is 0.200 e. The van der Waals surface area contributed by atoms with Crippen LogP contribution in [0.4, 0.5) is 22.0 Å². The summed E-state index contributed by atoms with van der Waals surface area (Å²) in [5.74, 6) is -9.70. The molecule has 0 N–H and O–H groups in total. The van der Waals surface area contributed by atoms with Crippen molar-refractivity contribution in [2.45, 2.75) is 18.8 Å². The highest BCUT2D eigenvalue weighted by Gasteiger charge is 2.41. The molecule has 0 saturated heterocycles. The zero-order valence-corrected chi connectivity index (χ0v) is 9.19. The van der Waals surface area contributed by atoms with Crippen LogP contribution in [0.1, 0.15) is 24.3 Å². The van der Waals surface area contributed by atoms with Crippen LogP contribution in [0.5, 0.6) is 0 Å². The van der Waals surface area contributed by atoms with Gasteiger partial charge in [0.15, 0.2) is 23.3 Å². The average Bonchev–Trinajstić information content (AvgIpc) is 2.97. The number of fused-ring (bicyclic) bond motifs is 2. The van der Waals surface area contributed by atoms with Gasteiger partial charge in [0, 0.05) is 5.56 Å². The molecule has 5 heteroatoms. The van der Waals surface area contributed by atoms with Crippen LogP contribution >= 0.6 is 0 Å². The first kappa shape index (κ1) is 11.7. The quantitative estimate of drug-likeness (QED) is 0.309. The molecular weight excluding hydrogens is 251 g/mol. The van der Waals surface area contributed by atoms with Crippen LogP contribution in [0, 0.1) is 40.9 Å². The predicted molar refractivity (Wildman–Crippen MR) is 54.3 cm³/mol.